The third kappa shape index (κ3) is 2.24. The minimum absolute atomic E-state index is 0.0596. The van der Waals surface area contributed by atoms with Gasteiger partial charge in [0.1, 0.15) is 0 Å². The lowest BCUT2D eigenvalue weighted by atomic mass is 9.88. The number of carbonyl (C=O) groups excluding carboxylic acids is 1. The predicted octanol–water partition coefficient (Wildman–Crippen LogP) is 2.84. The van der Waals surface area contributed by atoms with Gasteiger partial charge in [0, 0.05) is 24.3 Å². The zero-order valence-electron chi connectivity index (χ0n) is 9.50. The van der Waals surface area contributed by atoms with E-state index in [2.05, 4.69) is 18.3 Å². The van der Waals surface area contributed by atoms with E-state index < -0.39 is 0 Å². The fourth-order valence-electron chi connectivity index (χ4n) is 2.27. The molecule has 1 N–H and O–H groups in total. The largest absolute Gasteiger partial charge is 0.325 e. The highest BCUT2D eigenvalue weighted by molar-refractivity contribution is 6.18. The van der Waals surface area contributed by atoms with E-state index in [-0.39, 0.29) is 6.03 Å². The Bertz CT molecular complexity index is 349. The van der Waals surface area contributed by atoms with Crippen LogP contribution in [0.5, 0.6) is 0 Å². The summed E-state index contributed by atoms with van der Waals surface area (Å²) >= 11 is 5.67. The van der Waals surface area contributed by atoms with Crippen LogP contribution in [0.3, 0.4) is 0 Å². The summed E-state index contributed by atoms with van der Waals surface area (Å²) in [5, 5.41) is 3.01. The van der Waals surface area contributed by atoms with Crippen molar-refractivity contribution in [1.29, 1.82) is 0 Å². The SMILES string of the molecule is C[C@H]1CCCC2=C1NC(=O)N(CCCl)C=C2. The van der Waals surface area contributed by atoms with E-state index in [4.69, 9.17) is 11.6 Å². The maximum Gasteiger partial charge on any atom is 0.325 e. The number of hydrogen-bond donors (Lipinski definition) is 1. The van der Waals surface area contributed by atoms with Gasteiger partial charge in [-0.25, -0.2) is 4.79 Å². The lowest BCUT2D eigenvalue weighted by Gasteiger charge is -2.24. The zero-order chi connectivity index (χ0) is 11.5. The van der Waals surface area contributed by atoms with E-state index in [0.29, 0.717) is 18.3 Å². The standard InChI is InChI=1S/C12H17ClN2O/c1-9-3-2-4-10-5-7-15(8-6-13)12(16)14-11(9)10/h5,7,9H,2-4,6,8H2,1H3,(H,14,16)/t9-/m0/s1. The molecule has 0 fully saturated rings. The van der Waals surface area contributed by atoms with Crippen LogP contribution in [0.1, 0.15) is 26.2 Å². The first-order valence-electron chi connectivity index (χ1n) is 5.77. The fraction of sp³-hybridized carbons (Fsp3) is 0.583. The topological polar surface area (TPSA) is 32.3 Å². The van der Waals surface area contributed by atoms with E-state index in [1.807, 2.05) is 6.20 Å². The Balaban J connectivity index is 2.20. The van der Waals surface area contributed by atoms with E-state index in [1.54, 1.807) is 4.90 Å². The third-order valence-corrected chi connectivity index (χ3v) is 3.37. The van der Waals surface area contributed by atoms with Gasteiger partial charge in [0.2, 0.25) is 0 Å². The van der Waals surface area contributed by atoms with Crippen molar-refractivity contribution in [3.63, 3.8) is 0 Å². The average Bonchev–Trinajstić information content (AvgIpc) is 2.42. The van der Waals surface area contributed by atoms with Crippen LogP contribution in [0, 0.1) is 5.92 Å². The number of allylic oxidation sites excluding steroid dienone is 3. The Hall–Kier alpha value is -0.960. The van der Waals surface area contributed by atoms with Gasteiger partial charge in [-0.15, -0.1) is 11.6 Å². The summed E-state index contributed by atoms with van der Waals surface area (Å²) in [6.45, 7) is 2.72. The number of hydrogen-bond acceptors (Lipinski definition) is 1. The molecular weight excluding hydrogens is 224 g/mol. The van der Waals surface area contributed by atoms with Crippen molar-refractivity contribution in [1.82, 2.24) is 10.2 Å². The van der Waals surface area contributed by atoms with Crippen LogP contribution in [0.4, 0.5) is 4.79 Å². The molecule has 0 bridgehead atoms. The highest BCUT2D eigenvalue weighted by Crippen LogP contribution is 2.30. The molecule has 1 heterocycles. The van der Waals surface area contributed by atoms with Crippen molar-refractivity contribution in [2.45, 2.75) is 26.2 Å². The Morgan fingerprint density at radius 2 is 2.44 bits per heavy atom. The summed E-state index contributed by atoms with van der Waals surface area (Å²) in [6, 6.07) is -0.0596. The molecule has 0 aromatic carbocycles. The summed E-state index contributed by atoms with van der Waals surface area (Å²) in [4.78, 5) is 13.5. The van der Waals surface area contributed by atoms with Gasteiger partial charge in [-0.3, -0.25) is 4.90 Å². The highest BCUT2D eigenvalue weighted by Gasteiger charge is 2.24. The molecule has 16 heavy (non-hydrogen) atoms. The molecule has 0 unspecified atom stereocenters. The molecule has 3 nitrogen and oxygen atoms in total. The monoisotopic (exact) mass is 240 g/mol. The molecule has 0 saturated heterocycles. The summed E-state index contributed by atoms with van der Waals surface area (Å²) in [5.74, 6) is 0.908. The van der Waals surface area contributed by atoms with Gasteiger partial charge in [-0.05, 0) is 36.8 Å². The molecule has 1 atom stereocenters. The Morgan fingerprint density at radius 3 is 3.19 bits per heavy atom. The number of urea groups is 1. The molecule has 1 aliphatic carbocycles. The second kappa shape index (κ2) is 4.91. The van der Waals surface area contributed by atoms with E-state index >= 15 is 0 Å². The summed E-state index contributed by atoms with van der Waals surface area (Å²) < 4.78 is 0. The molecule has 2 aliphatic rings. The van der Waals surface area contributed by atoms with Gasteiger partial charge in [-0.1, -0.05) is 6.92 Å². The van der Waals surface area contributed by atoms with Crippen molar-refractivity contribution < 1.29 is 4.79 Å². The lowest BCUT2D eigenvalue weighted by Crippen LogP contribution is -2.38. The molecule has 0 radical (unpaired) electrons. The molecule has 88 valence electrons. The molecule has 2 rings (SSSR count). The minimum atomic E-state index is -0.0596. The van der Waals surface area contributed by atoms with Crippen molar-refractivity contribution in [3.05, 3.63) is 23.5 Å². The van der Waals surface area contributed by atoms with Gasteiger partial charge in [0.25, 0.3) is 0 Å². The maximum absolute atomic E-state index is 11.9. The van der Waals surface area contributed by atoms with Crippen molar-refractivity contribution in [3.8, 4) is 0 Å². The minimum Gasteiger partial charge on any atom is -0.311 e. The van der Waals surface area contributed by atoms with Crippen molar-refractivity contribution >= 4 is 17.6 Å². The highest BCUT2D eigenvalue weighted by atomic mass is 35.5. The van der Waals surface area contributed by atoms with Gasteiger partial charge < -0.3 is 5.32 Å². The van der Waals surface area contributed by atoms with E-state index in [1.165, 1.54) is 12.0 Å². The Labute approximate surface area is 101 Å². The first kappa shape index (κ1) is 11.5. The summed E-state index contributed by atoms with van der Waals surface area (Å²) in [5.41, 5.74) is 2.37. The summed E-state index contributed by atoms with van der Waals surface area (Å²) in [7, 11) is 0. The Morgan fingerprint density at radius 1 is 1.62 bits per heavy atom. The first-order chi connectivity index (χ1) is 7.72. The number of rotatable bonds is 2. The molecule has 0 saturated carbocycles. The average molecular weight is 241 g/mol. The van der Waals surface area contributed by atoms with Gasteiger partial charge in [0.05, 0.1) is 0 Å². The van der Waals surface area contributed by atoms with Gasteiger partial charge in [0.15, 0.2) is 0 Å². The predicted molar refractivity (Wildman–Crippen MR) is 65.1 cm³/mol. The molecule has 0 aromatic heterocycles. The van der Waals surface area contributed by atoms with Crippen molar-refractivity contribution in [2.24, 2.45) is 5.92 Å². The van der Waals surface area contributed by atoms with Crippen molar-refractivity contribution in [2.75, 3.05) is 12.4 Å². The zero-order valence-corrected chi connectivity index (χ0v) is 10.3. The van der Waals surface area contributed by atoms with E-state index in [9.17, 15) is 4.79 Å². The van der Waals surface area contributed by atoms with Crippen LogP contribution in [0.2, 0.25) is 0 Å². The molecule has 0 spiro atoms. The number of alkyl halides is 1. The van der Waals surface area contributed by atoms with Crippen LogP contribution in [0.25, 0.3) is 0 Å². The number of carbonyl (C=O) groups is 1. The second-order valence-corrected chi connectivity index (χ2v) is 4.74. The summed E-state index contributed by atoms with van der Waals surface area (Å²) in [6.07, 6.45) is 7.32. The number of nitrogens with one attached hydrogen (secondary N) is 1. The quantitative estimate of drug-likeness (QED) is 0.740. The third-order valence-electron chi connectivity index (χ3n) is 3.21. The molecule has 0 aromatic rings. The number of amides is 2. The van der Waals surface area contributed by atoms with Crippen LogP contribution >= 0.6 is 11.6 Å². The molecule has 4 heteroatoms. The number of nitrogens with zero attached hydrogens (tertiary/aromatic N) is 1. The molecule has 1 aliphatic heterocycles. The van der Waals surface area contributed by atoms with Gasteiger partial charge in [-0.2, -0.15) is 0 Å². The normalized spacial score (nSPS) is 25.2. The van der Waals surface area contributed by atoms with Crippen LogP contribution in [-0.4, -0.2) is 23.4 Å². The first-order valence-corrected chi connectivity index (χ1v) is 6.30. The van der Waals surface area contributed by atoms with Crippen LogP contribution in [-0.2, 0) is 0 Å². The van der Waals surface area contributed by atoms with Crippen LogP contribution in [0.15, 0.2) is 23.5 Å². The molecular formula is C12H17ClN2O. The fourth-order valence-corrected chi connectivity index (χ4v) is 2.45. The Kier molecular flexibility index (Phi) is 3.54. The van der Waals surface area contributed by atoms with E-state index in [0.717, 1.165) is 18.5 Å². The lowest BCUT2D eigenvalue weighted by molar-refractivity contribution is 0.219. The number of halogens is 1. The maximum atomic E-state index is 11.9. The van der Waals surface area contributed by atoms with Crippen LogP contribution < -0.4 is 5.32 Å². The smallest absolute Gasteiger partial charge is 0.311 e. The second-order valence-electron chi connectivity index (χ2n) is 4.36. The molecule has 2 amide bonds. The van der Waals surface area contributed by atoms with Gasteiger partial charge >= 0.3 is 6.03 Å².